The smallest absolute Gasteiger partial charge is 0.219 e. The number of hydrogen-bond acceptors (Lipinski definition) is 2. The second-order valence-corrected chi connectivity index (χ2v) is 4.71. The van der Waals surface area contributed by atoms with Gasteiger partial charge in [-0.1, -0.05) is 13.3 Å². The molecule has 0 spiro atoms. The Hall–Kier alpha value is -0.570. The number of rotatable bonds is 1. The molecule has 0 atom stereocenters. The third-order valence-electron chi connectivity index (χ3n) is 3.45. The zero-order chi connectivity index (χ0) is 11.8. The van der Waals surface area contributed by atoms with Crippen molar-refractivity contribution >= 4 is 5.91 Å². The first-order valence-electron chi connectivity index (χ1n) is 6.72. The van der Waals surface area contributed by atoms with Crippen molar-refractivity contribution in [3.63, 3.8) is 0 Å². The van der Waals surface area contributed by atoms with Crippen LogP contribution in [0.25, 0.3) is 0 Å². The molecule has 94 valence electrons. The predicted octanol–water partition coefficient (Wildman–Crippen LogP) is 2.12. The Morgan fingerprint density at radius 2 is 1.44 bits per heavy atom. The highest BCUT2D eigenvalue weighted by atomic mass is 16.2. The lowest BCUT2D eigenvalue weighted by molar-refractivity contribution is -0.127. The van der Waals surface area contributed by atoms with Gasteiger partial charge in [0.25, 0.3) is 0 Å². The molecule has 2 rings (SSSR count). The van der Waals surface area contributed by atoms with Gasteiger partial charge in [0.05, 0.1) is 0 Å². The van der Waals surface area contributed by atoms with Crippen LogP contribution in [0.4, 0.5) is 0 Å². The van der Waals surface area contributed by atoms with Crippen molar-refractivity contribution in [2.75, 3.05) is 32.7 Å². The van der Waals surface area contributed by atoms with Gasteiger partial charge in [-0.05, 0) is 45.3 Å². The summed E-state index contributed by atoms with van der Waals surface area (Å²) in [5.41, 5.74) is 0. The van der Waals surface area contributed by atoms with E-state index < -0.39 is 0 Å². The predicted molar refractivity (Wildman–Crippen MR) is 67.5 cm³/mol. The first kappa shape index (κ1) is 13.5. The number of piperidine rings is 1. The monoisotopic (exact) mass is 226 g/mol. The van der Waals surface area contributed by atoms with Crippen molar-refractivity contribution in [2.45, 2.75) is 46.0 Å². The van der Waals surface area contributed by atoms with Crippen LogP contribution in [0.5, 0.6) is 0 Å². The van der Waals surface area contributed by atoms with Gasteiger partial charge in [-0.25, -0.2) is 0 Å². The number of likely N-dealkylation sites (tertiary alicyclic amines) is 2. The number of amides is 1. The van der Waals surface area contributed by atoms with Crippen LogP contribution in [0.3, 0.4) is 0 Å². The molecule has 2 heterocycles. The molecule has 2 saturated heterocycles. The van der Waals surface area contributed by atoms with E-state index >= 15 is 0 Å². The van der Waals surface area contributed by atoms with Gasteiger partial charge in [0.1, 0.15) is 0 Å². The first-order chi connectivity index (χ1) is 7.74. The molecule has 0 N–H and O–H groups in total. The van der Waals surface area contributed by atoms with Gasteiger partial charge in [-0.15, -0.1) is 0 Å². The van der Waals surface area contributed by atoms with E-state index in [0.717, 1.165) is 13.1 Å². The van der Waals surface area contributed by atoms with Gasteiger partial charge >= 0.3 is 0 Å². The summed E-state index contributed by atoms with van der Waals surface area (Å²) in [5, 5.41) is 0. The molecule has 1 amide bonds. The van der Waals surface area contributed by atoms with Crippen LogP contribution in [0.15, 0.2) is 0 Å². The van der Waals surface area contributed by atoms with Gasteiger partial charge in [-0.2, -0.15) is 0 Å². The molecule has 0 aromatic carbocycles. The number of carbonyl (C=O) groups excluding carboxylic acids is 1. The molecular weight excluding hydrogens is 200 g/mol. The van der Waals surface area contributed by atoms with E-state index in [-0.39, 0.29) is 5.91 Å². The maximum absolute atomic E-state index is 10.6. The van der Waals surface area contributed by atoms with E-state index in [0.29, 0.717) is 0 Å². The quantitative estimate of drug-likeness (QED) is 0.684. The van der Waals surface area contributed by atoms with Crippen molar-refractivity contribution in [2.24, 2.45) is 0 Å². The highest BCUT2D eigenvalue weighted by Gasteiger charge is 2.12. The summed E-state index contributed by atoms with van der Waals surface area (Å²) in [7, 11) is 0. The maximum atomic E-state index is 10.6. The largest absolute Gasteiger partial charge is 0.343 e. The topological polar surface area (TPSA) is 23.6 Å². The molecule has 16 heavy (non-hydrogen) atoms. The Kier molecular flexibility index (Phi) is 6.46. The lowest BCUT2D eigenvalue weighted by atomic mass is 10.1. The summed E-state index contributed by atoms with van der Waals surface area (Å²) in [6.07, 6.45) is 6.69. The Labute approximate surface area is 99.8 Å². The molecule has 0 radical (unpaired) electrons. The standard InChI is InChI=1S/C7H15N.C6H11NO/c1-2-8-6-4-3-5-7-8;1-6(8)7-4-2-3-5-7/h2-7H2,1H3;2-5H2,1H3. The fourth-order valence-electron chi connectivity index (χ4n) is 2.31. The minimum Gasteiger partial charge on any atom is -0.343 e. The average Bonchev–Trinajstić information content (AvgIpc) is 2.85. The second kappa shape index (κ2) is 7.66. The van der Waals surface area contributed by atoms with Crippen LogP contribution in [-0.4, -0.2) is 48.4 Å². The first-order valence-corrected chi connectivity index (χ1v) is 6.72. The molecule has 0 bridgehead atoms. The molecule has 2 fully saturated rings. The van der Waals surface area contributed by atoms with Gasteiger partial charge in [0, 0.05) is 20.0 Å². The molecule has 3 heteroatoms. The molecule has 0 unspecified atom stereocenters. The van der Waals surface area contributed by atoms with Gasteiger partial charge in [0.15, 0.2) is 0 Å². The molecule has 0 aromatic rings. The van der Waals surface area contributed by atoms with Gasteiger partial charge < -0.3 is 9.80 Å². The minimum atomic E-state index is 0.225. The van der Waals surface area contributed by atoms with E-state index in [9.17, 15) is 4.79 Å². The average molecular weight is 226 g/mol. The maximum Gasteiger partial charge on any atom is 0.219 e. The van der Waals surface area contributed by atoms with E-state index in [1.54, 1.807) is 6.92 Å². The Morgan fingerprint density at radius 3 is 1.75 bits per heavy atom. The zero-order valence-corrected chi connectivity index (χ0v) is 10.9. The van der Waals surface area contributed by atoms with Crippen LogP contribution in [0.1, 0.15) is 46.0 Å². The SMILES string of the molecule is CC(=O)N1CCCC1.CCN1CCCCC1. The molecule has 3 nitrogen and oxygen atoms in total. The summed E-state index contributed by atoms with van der Waals surface area (Å²) in [5.74, 6) is 0.225. The fraction of sp³-hybridized carbons (Fsp3) is 0.923. The molecule has 0 aromatic heterocycles. The van der Waals surface area contributed by atoms with E-state index in [4.69, 9.17) is 0 Å². The highest BCUT2D eigenvalue weighted by molar-refractivity contribution is 5.73. The van der Waals surface area contributed by atoms with Crippen molar-refractivity contribution in [1.29, 1.82) is 0 Å². The minimum absolute atomic E-state index is 0.225. The Balaban J connectivity index is 0.000000160. The second-order valence-electron chi connectivity index (χ2n) is 4.71. The van der Waals surface area contributed by atoms with Crippen molar-refractivity contribution in [3.05, 3.63) is 0 Å². The normalized spacial score (nSPS) is 21.5. The van der Waals surface area contributed by atoms with Crippen LogP contribution in [-0.2, 0) is 4.79 Å². The molecular formula is C13H26N2O. The highest BCUT2D eigenvalue weighted by Crippen LogP contribution is 2.07. The molecule has 2 aliphatic heterocycles. The van der Waals surface area contributed by atoms with Gasteiger partial charge in [0.2, 0.25) is 5.91 Å². The summed E-state index contributed by atoms with van der Waals surface area (Å²) >= 11 is 0. The molecule has 0 saturated carbocycles. The van der Waals surface area contributed by atoms with E-state index in [1.165, 1.54) is 51.7 Å². The van der Waals surface area contributed by atoms with Crippen molar-refractivity contribution in [1.82, 2.24) is 9.80 Å². The van der Waals surface area contributed by atoms with Crippen molar-refractivity contribution in [3.8, 4) is 0 Å². The molecule has 0 aliphatic carbocycles. The summed E-state index contributed by atoms with van der Waals surface area (Å²) in [6.45, 7) is 9.77. The third-order valence-corrected chi connectivity index (χ3v) is 3.45. The van der Waals surface area contributed by atoms with Crippen LogP contribution < -0.4 is 0 Å². The zero-order valence-electron chi connectivity index (χ0n) is 10.9. The third kappa shape index (κ3) is 4.97. The summed E-state index contributed by atoms with van der Waals surface area (Å²) < 4.78 is 0. The Morgan fingerprint density at radius 1 is 0.938 bits per heavy atom. The van der Waals surface area contributed by atoms with E-state index in [2.05, 4.69) is 11.8 Å². The molecule has 2 aliphatic rings. The lowest BCUT2D eigenvalue weighted by Gasteiger charge is -2.24. The number of hydrogen-bond donors (Lipinski definition) is 0. The van der Waals surface area contributed by atoms with Gasteiger partial charge in [-0.3, -0.25) is 4.79 Å². The van der Waals surface area contributed by atoms with Crippen LogP contribution in [0, 0.1) is 0 Å². The number of nitrogens with zero attached hydrogens (tertiary/aromatic N) is 2. The fourth-order valence-corrected chi connectivity index (χ4v) is 2.31. The Bertz CT molecular complexity index is 194. The van der Waals surface area contributed by atoms with Crippen LogP contribution in [0.2, 0.25) is 0 Å². The summed E-state index contributed by atoms with van der Waals surface area (Å²) in [4.78, 5) is 15.0. The summed E-state index contributed by atoms with van der Waals surface area (Å²) in [6, 6.07) is 0. The van der Waals surface area contributed by atoms with E-state index in [1.807, 2.05) is 4.90 Å². The van der Waals surface area contributed by atoms with Crippen molar-refractivity contribution < 1.29 is 4.79 Å². The van der Waals surface area contributed by atoms with Crippen LogP contribution >= 0.6 is 0 Å². The number of carbonyl (C=O) groups is 1. The lowest BCUT2D eigenvalue weighted by Crippen LogP contribution is -2.29.